The summed E-state index contributed by atoms with van der Waals surface area (Å²) in [6, 6.07) is 0. The van der Waals surface area contributed by atoms with Crippen molar-refractivity contribution in [2.45, 2.75) is 46.1 Å². The number of carbonyl (C=O) groups is 1. The van der Waals surface area contributed by atoms with Gasteiger partial charge >= 0.3 is 0 Å². The van der Waals surface area contributed by atoms with Crippen LogP contribution in [0.2, 0.25) is 0 Å². The van der Waals surface area contributed by atoms with E-state index in [1.165, 1.54) is 11.3 Å². The predicted octanol–water partition coefficient (Wildman–Crippen LogP) is 1.70. The fourth-order valence-electron chi connectivity index (χ4n) is 2.98. The Bertz CT molecular complexity index is 686. The highest BCUT2D eigenvalue weighted by Gasteiger charge is 2.27. The number of amides is 1. The Labute approximate surface area is 129 Å². The lowest BCUT2D eigenvalue weighted by Crippen LogP contribution is -2.34. The number of carbonyl (C=O) groups excluding carboxylic acids is 1. The molecule has 0 saturated heterocycles. The van der Waals surface area contributed by atoms with Gasteiger partial charge in [-0.05, 0) is 25.3 Å². The fraction of sp³-hybridized carbons (Fsp3) is 0.562. The summed E-state index contributed by atoms with van der Waals surface area (Å²) in [6.45, 7) is 4.32. The van der Waals surface area contributed by atoms with Gasteiger partial charge in [-0.15, -0.1) is 0 Å². The van der Waals surface area contributed by atoms with Gasteiger partial charge in [-0.3, -0.25) is 9.48 Å². The second kappa shape index (κ2) is 5.94. The van der Waals surface area contributed by atoms with E-state index in [-0.39, 0.29) is 11.8 Å². The highest BCUT2D eigenvalue weighted by molar-refractivity contribution is 5.79. The molecule has 0 aromatic carbocycles. The Morgan fingerprint density at radius 3 is 3.09 bits per heavy atom. The molecule has 2 aromatic rings. The molecule has 1 amide bonds. The first-order valence-electron chi connectivity index (χ1n) is 7.81. The molecule has 3 rings (SSSR count). The molecule has 0 aliphatic heterocycles. The number of hydrogen-bond acceptors (Lipinski definition) is 4. The van der Waals surface area contributed by atoms with E-state index in [2.05, 4.69) is 15.4 Å². The first-order valence-corrected chi connectivity index (χ1v) is 7.81. The van der Waals surface area contributed by atoms with Crippen LogP contribution in [-0.4, -0.2) is 20.7 Å². The average molecular weight is 302 g/mol. The average Bonchev–Trinajstić information content (AvgIpc) is 3.08. The molecule has 1 aliphatic rings. The summed E-state index contributed by atoms with van der Waals surface area (Å²) in [5.41, 5.74) is 3.30. The molecule has 118 valence electrons. The molecule has 1 atom stereocenters. The zero-order valence-corrected chi connectivity index (χ0v) is 13.3. The highest BCUT2D eigenvalue weighted by Crippen LogP contribution is 2.25. The summed E-state index contributed by atoms with van der Waals surface area (Å²) in [5, 5.41) is 7.26. The third kappa shape index (κ3) is 2.77. The van der Waals surface area contributed by atoms with E-state index in [1.54, 1.807) is 0 Å². The van der Waals surface area contributed by atoms with E-state index in [1.807, 2.05) is 31.8 Å². The smallest absolute Gasteiger partial charge is 0.223 e. The van der Waals surface area contributed by atoms with Gasteiger partial charge in [0.15, 0.2) is 5.89 Å². The number of nitrogens with zero attached hydrogens (tertiary/aromatic N) is 3. The minimum absolute atomic E-state index is 0.0109. The van der Waals surface area contributed by atoms with Gasteiger partial charge in [-0.1, -0.05) is 6.92 Å². The van der Waals surface area contributed by atoms with Crippen molar-refractivity contribution in [2.75, 3.05) is 0 Å². The molecule has 0 fully saturated rings. The first kappa shape index (κ1) is 14.8. The number of oxazole rings is 1. The number of fused-ring (bicyclic) bond motifs is 1. The van der Waals surface area contributed by atoms with Gasteiger partial charge in [-0.25, -0.2) is 4.98 Å². The number of nitrogens with one attached hydrogen (secondary N) is 1. The van der Waals surface area contributed by atoms with E-state index in [4.69, 9.17) is 4.42 Å². The molecule has 1 N–H and O–H groups in total. The van der Waals surface area contributed by atoms with E-state index >= 15 is 0 Å². The van der Waals surface area contributed by atoms with Crippen LogP contribution < -0.4 is 5.32 Å². The molecule has 2 aromatic heterocycles. The molecule has 2 heterocycles. The van der Waals surface area contributed by atoms with Gasteiger partial charge in [-0.2, -0.15) is 5.10 Å². The zero-order chi connectivity index (χ0) is 15.7. The van der Waals surface area contributed by atoms with Crippen LogP contribution in [0, 0.1) is 12.8 Å². The summed E-state index contributed by atoms with van der Waals surface area (Å²) < 4.78 is 7.50. The minimum atomic E-state index is 0.0109. The van der Waals surface area contributed by atoms with E-state index in [0.29, 0.717) is 6.54 Å². The van der Waals surface area contributed by atoms with Crippen molar-refractivity contribution < 1.29 is 9.21 Å². The van der Waals surface area contributed by atoms with Gasteiger partial charge in [0, 0.05) is 31.5 Å². The van der Waals surface area contributed by atoms with E-state index in [0.717, 1.165) is 43.0 Å². The summed E-state index contributed by atoms with van der Waals surface area (Å²) >= 11 is 0. The Hall–Kier alpha value is -2.11. The lowest BCUT2D eigenvalue weighted by atomic mass is 9.87. The summed E-state index contributed by atoms with van der Waals surface area (Å²) in [6.07, 6.45) is 5.23. The third-order valence-electron chi connectivity index (χ3n) is 4.38. The van der Waals surface area contributed by atoms with E-state index in [9.17, 15) is 4.79 Å². The Morgan fingerprint density at radius 1 is 1.55 bits per heavy atom. The molecular formula is C16H22N4O2. The first-order chi connectivity index (χ1) is 10.6. The Kier molecular flexibility index (Phi) is 4.00. The van der Waals surface area contributed by atoms with Crippen LogP contribution in [0.3, 0.4) is 0 Å². The fourth-order valence-corrected chi connectivity index (χ4v) is 2.98. The third-order valence-corrected chi connectivity index (χ3v) is 4.38. The van der Waals surface area contributed by atoms with Gasteiger partial charge in [0.1, 0.15) is 5.76 Å². The maximum atomic E-state index is 12.4. The largest absolute Gasteiger partial charge is 0.444 e. The Morgan fingerprint density at radius 2 is 2.36 bits per heavy atom. The summed E-state index contributed by atoms with van der Waals surface area (Å²) in [4.78, 5) is 16.7. The molecular weight excluding hydrogens is 280 g/mol. The van der Waals surface area contributed by atoms with Crippen LogP contribution in [-0.2, 0) is 37.6 Å². The standard InChI is InChI=1S/C16H22N4O2/c1-4-15-19-10(2)14(22-15)9-17-16(21)11-5-6-12-8-18-20(3)13(12)7-11/h8,11H,4-7,9H2,1-3H3,(H,17,21). The monoisotopic (exact) mass is 302 g/mol. The lowest BCUT2D eigenvalue weighted by Gasteiger charge is -2.21. The topological polar surface area (TPSA) is 73.0 Å². The van der Waals surface area contributed by atoms with Crippen molar-refractivity contribution in [3.05, 3.63) is 34.8 Å². The normalized spacial score (nSPS) is 17.3. The van der Waals surface area contributed by atoms with Crippen LogP contribution in [0.1, 0.15) is 41.9 Å². The Balaban J connectivity index is 1.61. The van der Waals surface area contributed by atoms with Gasteiger partial charge in [0.2, 0.25) is 5.91 Å². The minimum Gasteiger partial charge on any atom is -0.444 e. The molecule has 0 saturated carbocycles. The number of aryl methyl sites for hydroxylation is 4. The molecule has 0 bridgehead atoms. The van der Waals surface area contributed by atoms with Crippen molar-refractivity contribution in [2.24, 2.45) is 13.0 Å². The molecule has 0 radical (unpaired) electrons. The molecule has 1 aliphatic carbocycles. The van der Waals surface area contributed by atoms with Crippen LogP contribution in [0.25, 0.3) is 0 Å². The SMILES string of the molecule is CCc1nc(C)c(CNC(=O)C2CCc3cnn(C)c3C2)o1. The second-order valence-corrected chi connectivity index (χ2v) is 5.87. The predicted molar refractivity (Wildman–Crippen MR) is 81.2 cm³/mol. The second-order valence-electron chi connectivity index (χ2n) is 5.87. The van der Waals surface area contributed by atoms with Gasteiger partial charge in [0.05, 0.1) is 18.4 Å². The summed E-state index contributed by atoms with van der Waals surface area (Å²) in [7, 11) is 1.93. The number of hydrogen-bond donors (Lipinski definition) is 1. The number of rotatable bonds is 4. The van der Waals surface area contributed by atoms with Gasteiger partial charge in [0.25, 0.3) is 0 Å². The molecule has 6 nitrogen and oxygen atoms in total. The van der Waals surface area contributed by atoms with Crippen molar-refractivity contribution in [1.29, 1.82) is 0 Å². The van der Waals surface area contributed by atoms with Crippen molar-refractivity contribution >= 4 is 5.91 Å². The van der Waals surface area contributed by atoms with Crippen LogP contribution in [0.15, 0.2) is 10.6 Å². The number of aromatic nitrogens is 3. The van der Waals surface area contributed by atoms with Gasteiger partial charge < -0.3 is 9.73 Å². The van der Waals surface area contributed by atoms with Crippen LogP contribution >= 0.6 is 0 Å². The van der Waals surface area contributed by atoms with Crippen LogP contribution in [0.5, 0.6) is 0 Å². The molecule has 0 spiro atoms. The quantitative estimate of drug-likeness (QED) is 0.933. The van der Waals surface area contributed by atoms with E-state index < -0.39 is 0 Å². The molecule has 6 heteroatoms. The maximum Gasteiger partial charge on any atom is 0.223 e. The van der Waals surface area contributed by atoms with Crippen molar-refractivity contribution in [1.82, 2.24) is 20.1 Å². The lowest BCUT2D eigenvalue weighted by molar-refractivity contribution is -0.125. The van der Waals surface area contributed by atoms with Crippen molar-refractivity contribution in [3.8, 4) is 0 Å². The zero-order valence-electron chi connectivity index (χ0n) is 13.3. The summed E-state index contributed by atoms with van der Waals surface area (Å²) in [5.74, 6) is 1.57. The maximum absolute atomic E-state index is 12.4. The molecule has 1 unspecified atom stereocenters. The van der Waals surface area contributed by atoms with Crippen LogP contribution in [0.4, 0.5) is 0 Å². The highest BCUT2D eigenvalue weighted by atomic mass is 16.4. The molecule has 22 heavy (non-hydrogen) atoms. The van der Waals surface area contributed by atoms with Crippen molar-refractivity contribution in [3.63, 3.8) is 0 Å².